The van der Waals surface area contributed by atoms with Gasteiger partial charge in [-0.1, -0.05) is 24.2 Å². The molecular weight excluding hydrogens is 416 g/mol. The van der Waals surface area contributed by atoms with Crippen molar-refractivity contribution in [2.45, 2.75) is 104 Å². The van der Waals surface area contributed by atoms with E-state index in [1.165, 1.54) is 44.2 Å². The lowest BCUT2D eigenvalue weighted by Gasteiger charge is -2.62. The van der Waals surface area contributed by atoms with Crippen LogP contribution in [-0.4, -0.2) is 39.6 Å². The Morgan fingerprint density at radius 3 is 2.31 bits per heavy atom. The minimum absolute atomic E-state index is 0.140. The molecular formula is C26H46N2O3Si. The van der Waals surface area contributed by atoms with Crippen molar-refractivity contribution in [1.82, 2.24) is 0 Å². The molecule has 0 radical (unpaired) electrons. The molecule has 32 heavy (non-hydrogen) atoms. The Labute approximate surface area is 196 Å². The van der Waals surface area contributed by atoms with Gasteiger partial charge in [0.05, 0.1) is 11.4 Å². The van der Waals surface area contributed by atoms with Gasteiger partial charge in [0.15, 0.2) is 8.32 Å². The molecule has 0 aliphatic heterocycles. The van der Waals surface area contributed by atoms with Gasteiger partial charge in [-0.3, -0.25) is 0 Å². The molecule has 6 heteroatoms. The Bertz CT molecular complexity index is 778. The monoisotopic (exact) mass is 462 g/mol. The third-order valence-corrected chi connectivity index (χ3v) is 11.1. The average molecular weight is 463 g/mol. The molecule has 4 rings (SSSR count). The van der Waals surface area contributed by atoms with Crippen LogP contribution in [0.3, 0.4) is 0 Å². The Morgan fingerprint density at radius 1 is 0.938 bits per heavy atom. The predicted molar refractivity (Wildman–Crippen MR) is 133 cm³/mol. The summed E-state index contributed by atoms with van der Waals surface area (Å²) >= 11 is 0. The first-order valence-corrected chi connectivity index (χ1v) is 16.3. The minimum atomic E-state index is -1.77. The van der Waals surface area contributed by atoms with Gasteiger partial charge in [-0.05, 0) is 113 Å². The van der Waals surface area contributed by atoms with Crippen molar-refractivity contribution in [1.29, 1.82) is 0 Å². The molecule has 0 unspecified atom stereocenters. The lowest BCUT2D eigenvalue weighted by molar-refractivity contribution is -0.122. The molecule has 0 aromatic carbocycles. The number of fused-ring (bicyclic) bond motifs is 5. The molecule has 182 valence electrons. The third-order valence-electron chi connectivity index (χ3n) is 10.1. The van der Waals surface area contributed by atoms with Gasteiger partial charge in [0.1, 0.15) is 19.8 Å². The summed E-state index contributed by atoms with van der Waals surface area (Å²) in [7, 11) is 1.58. The Hall–Kier alpha value is -0.883. The minimum Gasteiger partial charge on any atom is -0.406 e. The Kier molecular flexibility index (Phi) is 6.37. The number of hydrogen-bond acceptors (Lipinski definition) is 5. The molecule has 0 saturated heterocycles. The second-order valence-corrected chi connectivity index (χ2v) is 17.0. The van der Waals surface area contributed by atoms with Crippen molar-refractivity contribution in [2.24, 2.45) is 44.8 Å². The summed E-state index contributed by atoms with van der Waals surface area (Å²) in [5.41, 5.74) is 2.65. The molecule has 4 fully saturated rings. The molecule has 7 atom stereocenters. The topological polar surface area (TPSA) is 52.4 Å². The quantitative estimate of drug-likeness (QED) is 0.261. The smallest absolute Gasteiger partial charge is 0.185 e. The van der Waals surface area contributed by atoms with Gasteiger partial charge >= 0.3 is 0 Å². The highest BCUT2D eigenvalue weighted by atomic mass is 28.4. The Balaban J connectivity index is 1.65. The van der Waals surface area contributed by atoms with Gasteiger partial charge in [0, 0.05) is 5.41 Å². The van der Waals surface area contributed by atoms with E-state index < -0.39 is 8.32 Å². The highest BCUT2D eigenvalue weighted by Crippen LogP contribution is 2.69. The van der Waals surface area contributed by atoms with Crippen LogP contribution in [0.15, 0.2) is 10.3 Å². The van der Waals surface area contributed by atoms with E-state index in [1.807, 2.05) is 0 Å². The highest BCUT2D eigenvalue weighted by Gasteiger charge is 2.67. The van der Waals surface area contributed by atoms with Gasteiger partial charge in [-0.2, -0.15) is 0 Å². The predicted octanol–water partition coefficient (Wildman–Crippen LogP) is 6.64. The number of oxime groups is 2. The van der Waals surface area contributed by atoms with Crippen molar-refractivity contribution in [3.63, 3.8) is 0 Å². The largest absolute Gasteiger partial charge is 0.406 e. The summed E-state index contributed by atoms with van der Waals surface area (Å²) in [6.45, 7) is 14.3. The van der Waals surface area contributed by atoms with Crippen molar-refractivity contribution < 1.29 is 14.1 Å². The molecule has 0 bridgehead atoms. The fraction of sp³-hybridized carbons (Fsp3) is 0.923. The van der Waals surface area contributed by atoms with Crippen LogP contribution in [0.5, 0.6) is 0 Å². The standard InChI is InChI=1S/C26H46N2O3Si/c1-18(27-29-4)26(31-32(6,7)8)16-13-23-21-10-9-19-17-20(28-30-5)11-14-24(19,2)22(21)12-15-25(23,26)3/h19,21-23H,9-17H2,1-8H3/t19-,21-,22+,23+,24+,25+,26+/m1/s1. The van der Waals surface area contributed by atoms with Crippen LogP contribution in [-0.2, 0) is 14.1 Å². The average Bonchev–Trinajstić information content (AvgIpc) is 3.00. The summed E-state index contributed by atoms with van der Waals surface area (Å²) in [5, 5.41) is 8.84. The lowest BCUT2D eigenvalue weighted by Crippen LogP contribution is -2.61. The van der Waals surface area contributed by atoms with Crippen molar-refractivity contribution >= 4 is 19.7 Å². The van der Waals surface area contributed by atoms with E-state index in [-0.39, 0.29) is 11.0 Å². The van der Waals surface area contributed by atoms with Gasteiger partial charge in [0.25, 0.3) is 0 Å². The molecule has 4 aliphatic rings. The van der Waals surface area contributed by atoms with Crippen molar-refractivity contribution in [3.8, 4) is 0 Å². The van der Waals surface area contributed by atoms with Crippen LogP contribution >= 0.6 is 0 Å². The SMILES string of the molecule is CON=C1CC[C@@]2(C)[C@H](CC[C@@H]3[C@@H]2CC[C@@]2(C)[C@H]3CC[C@]2(O[Si](C)(C)C)C(C)=NOC)C1. The summed E-state index contributed by atoms with van der Waals surface area (Å²) in [4.78, 5) is 10.4. The molecule has 0 spiro atoms. The van der Waals surface area contributed by atoms with Crippen LogP contribution in [0.1, 0.15) is 78.6 Å². The van der Waals surface area contributed by atoms with Gasteiger partial charge < -0.3 is 14.1 Å². The van der Waals surface area contributed by atoms with Gasteiger partial charge in [0.2, 0.25) is 0 Å². The highest BCUT2D eigenvalue weighted by molar-refractivity contribution is 6.70. The van der Waals surface area contributed by atoms with Gasteiger partial charge in [-0.15, -0.1) is 0 Å². The fourth-order valence-electron chi connectivity index (χ4n) is 8.84. The van der Waals surface area contributed by atoms with Crippen LogP contribution in [0.25, 0.3) is 0 Å². The molecule has 0 amide bonds. The first-order valence-electron chi connectivity index (χ1n) is 12.9. The first-order chi connectivity index (χ1) is 15.0. The molecule has 5 nitrogen and oxygen atoms in total. The second-order valence-electron chi connectivity index (χ2n) is 12.6. The van der Waals surface area contributed by atoms with E-state index >= 15 is 0 Å². The molecule has 4 aliphatic carbocycles. The normalized spacial score (nSPS) is 45.8. The zero-order valence-electron chi connectivity index (χ0n) is 21.8. The van der Waals surface area contributed by atoms with E-state index in [1.54, 1.807) is 14.2 Å². The number of hydrogen-bond donors (Lipinski definition) is 0. The Morgan fingerprint density at radius 2 is 1.66 bits per heavy atom. The zero-order valence-corrected chi connectivity index (χ0v) is 22.8. The molecule has 0 aromatic rings. The molecule has 4 saturated carbocycles. The number of rotatable bonds is 5. The summed E-state index contributed by atoms with van der Waals surface area (Å²) in [6.07, 6.45) is 11.1. The zero-order chi connectivity index (χ0) is 23.4. The lowest BCUT2D eigenvalue weighted by atomic mass is 9.44. The second kappa shape index (κ2) is 8.40. The van der Waals surface area contributed by atoms with Crippen molar-refractivity contribution in [2.75, 3.05) is 14.2 Å². The van der Waals surface area contributed by atoms with Crippen LogP contribution in [0.4, 0.5) is 0 Å². The van der Waals surface area contributed by atoms with E-state index in [2.05, 4.69) is 50.7 Å². The van der Waals surface area contributed by atoms with Crippen LogP contribution in [0.2, 0.25) is 19.6 Å². The van der Waals surface area contributed by atoms with Crippen molar-refractivity contribution in [3.05, 3.63) is 0 Å². The molecule has 0 heterocycles. The summed E-state index contributed by atoms with van der Waals surface area (Å²) < 4.78 is 7.12. The van der Waals surface area contributed by atoms with Crippen LogP contribution in [0, 0.1) is 34.5 Å². The summed E-state index contributed by atoms with van der Waals surface area (Å²) in [6, 6.07) is 0. The maximum Gasteiger partial charge on any atom is 0.185 e. The first kappa shape index (κ1) is 24.2. The van der Waals surface area contributed by atoms with E-state index in [9.17, 15) is 0 Å². The maximum absolute atomic E-state index is 7.12. The molecule has 0 N–H and O–H groups in total. The maximum atomic E-state index is 7.12. The van der Waals surface area contributed by atoms with Crippen LogP contribution < -0.4 is 0 Å². The fourth-order valence-corrected chi connectivity index (χ4v) is 10.4. The van der Waals surface area contributed by atoms with E-state index in [0.717, 1.165) is 42.7 Å². The van der Waals surface area contributed by atoms with Gasteiger partial charge in [-0.25, -0.2) is 0 Å². The number of nitrogens with zero attached hydrogens (tertiary/aromatic N) is 2. The summed E-state index contributed by atoms with van der Waals surface area (Å²) in [5.74, 6) is 3.10. The molecule has 0 aromatic heterocycles. The third kappa shape index (κ3) is 3.68. The van der Waals surface area contributed by atoms with E-state index in [0.29, 0.717) is 11.3 Å². The van der Waals surface area contributed by atoms with E-state index in [4.69, 9.17) is 14.1 Å².